The maximum atomic E-state index is 5.49. The monoisotopic (exact) mass is 829 g/mol. The molecule has 0 bridgehead atoms. The van der Waals surface area contributed by atoms with E-state index in [1.165, 1.54) is 0 Å². The quantitative estimate of drug-likeness (QED) is 0.149. The van der Waals surface area contributed by atoms with E-state index in [4.69, 9.17) is 29.9 Å². The van der Waals surface area contributed by atoms with Crippen LogP contribution in [0, 0.1) is 0 Å². The first-order valence-electron chi connectivity index (χ1n) is 21.7. The van der Waals surface area contributed by atoms with Gasteiger partial charge in [0.1, 0.15) is 11.4 Å². The predicted octanol–water partition coefficient (Wildman–Crippen LogP) is 14.1. The van der Waals surface area contributed by atoms with E-state index in [2.05, 4.69) is 138 Å². The zero-order valence-electron chi connectivity index (χ0n) is 34.8. The summed E-state index contributed by atoms with van der Waals surface area (Å²) in [5.74, 6) is 1.40. The van der Waals surface area contributed by atoms with Gasteiger partial charge in [-0.25, -0.2) is 29.9 Å². The molecule has 0 saturated carbocycles. The summed E-state index contributed by atoms with van der Waals surface area (Å²) in [6.45, 7) is 0. The molecule has 0 spiro atoms. The molecule has 0 N–H and O–H groups in total. The Kier molecular flexibility index (Phi) is 8.39. The molecule has 9 aromatic carbocycles. The third-order valence-electron chi connectivity index (χ3n) is 12.4. The first-order chi connectivity index (χ1) is 32.2. The molecular formula is C58H35N7. The fourth-order valence-corrected chi connectivity index (χ4v) is 9.36. The van der Waals surface area contributed by atoms with Crippen molar-refractivity contribution < 1.29 is 0 Å². The Balaban J connectivity index is 1.15. The van der Waals surface area contributed by atoms with Gasteiger partial charge in [0, 0.05) is 32.7 Å². The van der Waals surface area contributed by atoms with Crippen molar-refractivity contribution in [2.45, 2.75) is 0 Å². The highest BCUT2D eigenvalue weighted by atomic mass is 15.2. The standard InChI is InChI=1S/C58H35N7/c1-5-17-36(18-6-1)42-31-40-29-30-41-32-43(37-19-7-2-8-20-37)34-51-53(41)52(40)50(33-42)65(51)58-61-48(56-59-46-27-15-13-25-44(46)54(63-56)38-21-9-3-10-22-38)35-49(62-58)57-60-47-28-16-14-26-45(47)55(64-57)39-23-11-4-12-24-39/h1-35H. The molecule has 65 heavy (non-hydrogen) atoms. The molecule has 0 saturated heterocycles. The first-order valence-corrected chi connectivity index (χ1v) is 21.7. The molecule has 13 aromatic rings. The highest BCUT2D eigenvalue weighted by molar-refractivity contribution is 6.25. The van der Waals surface area contributed by atoms with Gasteiger partial charge in [-0.2, -0.15) is 0 Å². The molecule has 7 nitrogen and oxygen atoms in total. The number of para-hydroxylation sites is 2. The highest BCUT2D eigenvalue weighted by Gasteiger charge is 2.24. The van der Waals surface area contributed by atoms with Gasteiger partial charge >= 0.3 is 0 Å². The molecule has 0 aliphatic rings. The molecular weight excluding hydrogens is 795 g/mol. The summed E-state index contributed by atoms with van der Waals surface area (Å²) in [4.78, 5) is 32.1. The largest absolute Gasteiger partial charge is 0.278 e. The van der Waals surface area contributed by atoms with Gasteiger partial charge in [0.15, 0.2) is 11.6 Å². The van der Waals surface area contributed by atoms with E-state index in [0.717, 1.165) is 99.2 Å². The van der Waals surface area contributed by atoms with Crippen LogP contribution < -0.4 is 0 Å². The zero-order chi connectivity index (χ0) is 42.8. The number of hydrogen-bond donors (Lipinski definition) is 0. The van der Waals surface area contributed by atoms with Crippen molar-refractivity contribution in [2.24, 2.45) is 0 Å². The molecule has 0 aliphatic heterocycles. The van der Waals surface area contributed by atoms with E-state index in [1.807, 2.05) is 78.9 Å². The maximum absolute atomic E-state index is 5.49. The van der Waals surface area contributed by atoms with Gasteiger partial charge in [0.25, 0.3) is 0 Å². The molecule has 7 heteroatoms. The molecule has 302 valence electrons. The summed E-state index contributed by atoms with van der Waals surface area (Å²) in [7, 11) is 0. The van der Waals surface area contributed by atoms with Crippen LogP contribution in [0.4, 0.5) is 0 Å². The Morgan fingerprint density at radius 1 is 0.292 bits per heavy atom. The minimum Gasteiger partial charge on any atom is -0.278 e. The van der Waals surface area contributed by atoms with Gasteiger partial charge in [0.05, 0.1) is 33.5 Å². The van der Waals surface area contributed by atoms with Crippen molar-refractivity contribution in [3.05, 3.63) is 212 Å². The van der Waals surface area contributed by atoms with Crippen molar-refractivity contribution in [3.8, 4) is 73.8 Å². The average molecular weight is 830 g/mol. The number of aromatic nitrogens is 7. The fraction of sp³-hybridized carbons (Fsp3) is 0. The van der Waals surface area contributed by atoms with Gasteiger partial charge in [-0.15, -0.1) is 0 Å². The lowest BCUT2D eigenvalue weighted by Crippen LogP contribution is -2.07. The van der Waals surface area contributed by atoms with E-state index in [9.17, 15) is 0 Å². The van der Waals surface area contributed by atoms with Crippen molar-refractivity contribution in [2.75, 3.05) is 0 Å². The van der Waals surface area contributed by atoms with Crippen LogP contribution in [-0.4, -0.2) is 34.5 Å². The molecule has 0 fully saturated rings. The number of rotatable bonds is 7. The lowest BCUT2D eigenvalue weighted by atomic mass is 9.95. The minimum atomic E-state index is 0.461. The molecule has 4 heterocycles. The Bertz CT molecular complexity index is 3670. The van der Waals surface area contributed by atoms with E-state index >= 15 is 0 Å². The van der Waals surface area contributed by atoms with E-state index in [0.29, 0.717) is 29.0 Å². The van der Waals surface area contributed by atoms with Gasteiger partial charge in [-0.3, -0.25) is 4.57 Å². The van der Waals surface area contributed by atoms with Crippen LogP contribution in [0.15, 0.2) is 212 Å². The lowest BCUT2D eigenvalue weighted by molar-refractivity contribution is 0.980. The molecule has 0 unspecified atom stereocenters. The van der Waals surface area contributed by atoms with Crippen molar-refractivity contribution in [1.82, 2.24) is 34.5 Å². The van der Waals surface area contributed by atoms with Crippen LogP contribution in [-0.2, 0) is 0 Å². The summed E-state index contributed by atoms with van der Waals surface area (Å²) in [6.07, 6.45) is 0. The first kappa shape index (κ1) is 36.7. The Hall–Kier alpha value is -8.94. The normalized spacial score (nSPS) is 11.7. The maximum Gasteiger partial charge on any atom is 0.236 e. The van der Waals surface area contributed by atoms with E-state index < -0.39 is 0 Å². The summed E-state index contributed by atoms with van der Waals surface area (Å²) in [5, 5.41) is 6.48. The zero-order valence-corrected chi connectivity index (χ0v) is 34.8. The third-order valence-corrected chi connectivity index (χ3v) is 12.4. The van der Waals surface area contributed by atoms with E-state index in [-0.39, 0.29) is 0 Å². The molecule has 0 aliphatic carbocycles. The van der Waals surface area contributed by atoms with E-state index in [1.54, 1.807) is 0 Å². The van der Waals surface area contributed by atoms with Crippen LogP contribution in [0.5, 0.6) is 0 Å². The van der Waals surface area contributed by atoms with Crippen LogP contribution in [0.2, 0.25) is 0 Å². The fourth-order valence-electron chi connectivity index (χ4n) is 9.36. The smallest absolute Gasteiger partial charge is 0.236 e. The van der Waals surface area contributed by atoms with Gasteiger partial charge in [-0.1, -0.05) is 170 Å². The van der Waals surface area contributed by atoms with Gasteiger partial charge < -0.3 is 0 Å². The second-order valence-electron chi connectivity index (χ2n) is 16.3. The second kappa shape index (κ2) is 14.9. The topological polar surface area (TPSA) is 82.3 Å². The summed E-state index contributed by atoms with van der Waals surface area (Å²) in [5.41, 5.74) is 12.8. The highest BCUT2D eigenvalue weighted by Crippen LogP contribution is 2.43. The van der Waals surface area contributed by atoms with Crippen LogP contribution in [0.25, 0.3) is 128 Å². The van der Waals surface area contributed by atoms with Crippen LogP contribution in [0.1, 0.15) is 0 Å². The Morgan fingerprint density at radius 3 is 1.11 bits per heavy atom. The predicted molar refractivity (Wildman–Crippen MR) is 264 cm³/mol. The summed E-state index contributed by atoms with van der Waals surface area (Å²) >= 11 is 0. The SMILES string of the molecule is c1ccc(-c2cc3ccc4cc(-c5ccccc5)cc5c4c3c(c2)n5-c2nc(-c3nc(-c4ccccc4)c4ccccc4n3)cc(-c3nc(-c4ccccc4)c4ccccc4n3)n2)cc1. The number of benzene rings is 9. The van der Waals surface area contributed by atoms with Crippen LogP contribution in [0.3, 0.4) is 0 Å². The van der Waals surface area contributed by atoms with Gasteiger partial charge in [0.2, 0.25) is 5.95 Å². The third kappa shape index (κ3) is 6.20. The second-order valence-corrected chi connectivity index (χ2v) is 16.3. The molecule has 0 atom stereocenters. The van der Waals surface area contributed by atoms with Gasteiger partial charge in [-0.05, 0) is 75.5 Å². The van der Waals surface area contributed by atoms with Crippen molar-refractivity contribution >= 4 is 54.4 Å². The molecule has 4 aromatic heterocycles. The number of hydrogen-bond acceptors (Lipinski definition) is 6. The number of fused-ring (bicyclic) bond motifs is 2. The molecule has 0 radical (unpaired) electrons. The summed E-state index contributed by atoms with van der Waals surface area (Å²) < 4.78 is 2.22. The molecule has 0 amide bonds. The Labute approximate surface area is 373 Å². The number of nitrogens with zero attached hydrogens (tertiary/aromatic N) is 7. The van der Waals surface area contributed by atoms with Crippen molar-refractivity contribution in [3.63, 3.8) is 0 Å². The van der Waals surface area contributed by atoms with Crippen LogP contribution >= 0.6 is 0 Å². The Morgan fingerprint density at radius 2 is 0.677 bits per heavy atom. The average Bonchev–Trinajstić information content (AvgIpc) is 3.72. The van der Waals surface area contributed by atoms with Crippen molar-refractivity contribution in [1.29, 1.82) is 0 Å². The molecule has 13 rings (SSSR count). The summed E-state index contributed by atoms with van der Waals surface area (Å²) in [6, 6.07) is 73.4. The lowest BCUT2D eigenvalue weighted by Gasteiger charge is -2.14. The minimum absolute atomic E-state index is 0.461.